The van der Waals surface area contributed by atoms with Crippen LogP contribution in [-0.2, 0) is 0 Å². The van der Waals surface area contributed by atoms with E-state index in [9.17, 15) is 0 Å². The van der Waals surface area contributed by atoms with Crippen LogP contribution in [0, 0.1) is 0 Å². The minimum absolute atomic E-state index is 0.0369. The number of hydrogen-bond donors (Lipinski definition) is 2. The molecule has 2 heteroatoms. The summed E-state index contributed by atoms with van der Waals surface area (Å²) in [6, 6.07) is 7.98. The zero-order valence-corrected chi connectivity index (χ0v) is 7.20. The van der Waals surface area contributed by atoms with Crippen LogP contribution in [0.15, 0.2) is 36.5 Å². The van der Waals surface area contributed by atoms with E-state index in [2.05, 4.69) is 5.32 Å². The van der Waals surface area contributed by atoms with Gasteiger partial charge in [-0.15, -0.1) is 0 Å². The quantitative estimate of drug-likeness (QED) is 0.610. The van der Waals surface area contributed by atoms with E-state index in [0.717, 1.165) is 16.1 Å². The molecule has 1 aromatic rings. The molecule has 1 aromatic carbocycles. The molecular formula is C11H11NO. The molecule has 0 radical (unpaired) electrons. The van der Waals surface area contributed by atoms with Gasteiger partial charge in [0.25, 0.3) is 0 Å². The molecule has 0 fully saturated rings. The Balaban J connectivity index is 2.80. The van der Waals surface area contributed by atoms with Crippen LogP contribution in [0.5, 0.6) is 0 Å². The van der Waals surface area contributed by atoms with Gasteiger partial charge in [-0.3, -0.25) is 0 Å². The van der Waals surface area contributed by atoms with Crippen molar-refractivity contribution in [2.45, 2.75) is 0 Å². The first-order valence-corrected chi connectivity index (χ1v) is 4.24. The first-order chi connectivity index (χ1) is 6.42. The van der Waals surface area contributed by atoms with Gasteiger partial charge in [-0.25, -0.2) is 0 Å². The molecule has 0 atom stereocenters. The highest BCUT2D eigenvalue weighted by Crippen LogP contribution is 1.87. The van der Waals surface area contributed by atoms with Crippen molar-refractivity contribution < 1.29 is 5.11 Å². The molecule has 0 aromatic heterocycles. The zero-order valence-electron chi connectivity index (χ0n) is 7.20. The van der Waals surface area contributed by atoms with Crippen molar-refractivity contribution in [3.8, 4) is 0 Å². The summed E-state index contributed by atoms with van der Waals surface area (Å²) in [6.07, 6.45) is 5.78. The van der Waals surface area contributed by atoms with Crippen LogP contribution in [0.3, 0.4) is 0 Å². The highest BCUT2D eigenvalue weighted by molar-refractivity contribution is 5.51. The van der Waals surface area contributed by atoms with Crippen LogP contribution in [-0.4, -0.2) is 11.7 Å². The standard InChI is InChI=1S/C11H11NO/c13-8-11-10-6-2-1-4-9(10)5-3-7-12-11/h1-7,12-13H,8H2. The molecule has 0 saturated carbocycles. The number of nitrogens with one attached hydrogen (secondary N) is 1. The lowest BCUT2D eigenvalue weighted by molar-refractivity contribution is 0.344. The van der Waals surface area contributed by atoms with Gasteiger partial charge in [0.1, 0.15) is 0 Å². The lowest BCUT2D eigenvalue weighted by atomic mass is 10.2. The van der Waals surface area contributed by atoms with Crippen LogP contribution in [0.2, 0.25) is 0 Å². The summed E-state index contributed by atoms with van der Waals surface area (Å²) in [4.78, 5) is 0. The molecule has 0 bridgehead atoms. The fraction of sp³-hybridized carbons (Fsp3) is 0.0909. The van der Waals surface area contributed by atoms with Crippen LogP contribution < -0.4 is 15.8 Å². The van der Waals surface area contributed by atoms with Crippen molar-refractivity contribution in [2.24, 2.45) is 0 Å². The number of hydrogen-bond acceptors (Lipinski definition) is 2. The zero-order chi connectivity index (χ0) is 9.10. The molecule has 1 aliphatic heterocycles. The Bertz CT molecular complexity index is 445. The van der Waals surface area contributed by atoms with Crippen molar-refractivity contribution in [1.29, 1.82) is 0 Å². The van der Waals surface area contributed by atoms with Gasteiger partial charge in [0, 0.05) is 17.1 Å². The van der Waals surface area contributed by atoms with Gasteiger partial charge in [0.15, 0.2) is 0 Å². The first kappa shape index (κ1) is 8.08. The van der Waals surface area contributed by atoms with Crippen molar-refractivity contribution in [3.63, 3.8) is 0 Å². The van der Waals surface area contributed by atoms with Crippen molar-refractivity contribution >= 4 is 11.8 Å². The fourth-order valence-electron chi connectivity index (χ4n) is 1.43. The Morgan fingerprint density at radius 1 is 1.23 bits per heavy atom. The maximum Gasteiger partial charge on any atom is 0.0837 e. The van der Waals surface area contributed by atoms with E-state index in [0.29, 0.717) is 0 Å². The van der Waals surface area contributed by atoms with E-state index in [-0.39, 0.29) is 6.61 Å². The highest BCUT2D eigenvalue weighted by atomic mass is 16.3. The van der Waals surface area contributed by atoms with Crippen molar-refractivity contribution in [2.75, 3.05) is 6.61 Å². The summed E-state index contributed by atoms with van der Waals surface area (Å²) < 4.78 is 0. The van der Waals surface area contributed by atoms with E-state index >= 15 is 0 Å². The van der Waals surface area contributed by atoms with Gasteiger partial charge in [0.05, 0.1) is 6.61 Å². The molecule has 0 amide bonds. The summed E-state index contributed by atoms with van der Waals surface area (Å²) in [6.45, 7) is 0.0369. The summed E-state index contributed by atoms with van der Waals surface area (Å²) in [5.41, 5.74) is 0.848. The smallest absolute Gasteiger partial charge is 0.0837 e. The average molecular weight is 173 g/mol. The molecule has 66 valence electrons. The molecule has 2 rings (SSSR count). The molecule has 2 N–H and O–H groups in total. The first-order valence-electron chi connectivity index (χ1n) is 4.24. The number of aliphatic hydroxyl groups is 1. The van der Waals surface area contributed by atoms with E-state index in [1.54, 1.807) is 0 Å². The Morgan fingerprint density at radius 2 is 2.08 bits per heavy atom. The third-order valence-electron chi connectivity index (χ3n) is 2.07. The Morgan fingerprint density at radius 3 is 2.92 bits per heavy atom. The molecule has 1 aliphatic rings. The summed E-state index contributed by atoms with van der Waals surface area (Å²) >= 11 is 0. The normalized spacial score (nSPS) is 14.1. The highest BCUT2D eigenvalue weighted by Gasteiger charge is 1.96. The lowest BCUT2D eigenvalue weighted by Crippen LogP contribution is -2.30. The number of allylic oxidation sites excluding steroid dienone is 1. The largest absolute Gasteiger partial charge is 0.390 e. The van der Waals surface area contributed by atoms with Crippen molar-refractivity contribution in [3.05, 3.63) is 47.0 Å². The molecule has 0 unspecified atom stereocenters. The predicted octanol–water partition coefficient (Wildman–Crippen LogP) is -0.316. The van der Waals surface area contributed by atoms with E-state index < -0.39 is 0 Å². The van der Waals surface area contributed by atoms with Gasteiger partial charge in [-0.1, -0.05) is 30.3 Å². The third kappa shape index (κ3) is 1.48. The van der Waals surface area contributed by atoms with E-state index in [1.807, 2.05) is 42.6 Å². The molecule has 13 heavy (non-hydrogen) atoms. The number of fused-ring (bicyclic) bond motifs is 1. The summed E-state index contributed by atoms with van der Waals surface area (Å²) in [7, 11) is 0. The maximum absolute atomic E-state index is 9.12. The lowest BCUT2D eigenvalue weighted by Gasteiger charge is -2.01. The van der Waals surface area contributed by atoms with Gasteiger partial charge < -0.3 is 10.4 Å². The van der Waals surface area contributed by atoms with E-state index in [4.69, 9.17) is 5.11 Å². The fourth-order valence-corrected chi connectivity index (χ4v) is 1.43. The predicted molar refractivity (Wildman–Crippen MR) is 52.9 cm³/mol. The van der Waals surface area contributed by atoms with Crippen LogP contribution >= 0.6 is 0 Å². The van der Waals surface area contributed by atoms with E-state index in [1.165, 1.54) is 0 Å². The number of aliphatic hydroxyl groups excluding tert-OH is 1. The van der Waals surface area contributed by atoms with Crippen LogP contribution in [0.1, 0.15) is 0 Å². The molecule has 0 aliphatic carbocycles. The van der Waals surface area contributed by atoms with Gasteiger partial charge in [-0.2, -0.15) is 0 Å². The van der Waals surface area contributed by atoms with Crippen LogP contribution in [0.25, 0.3) is 11.8 Å². The number of rotatable bonds is 1. The van der Waals surface area contributed by atoms with Gasteiger partial charge in [0.2, 0.25) is 0 Å². The second kappa shape index (κ2) is 3.46. The summed E-state index contributed by atoms with van der Waals surface area (Å²) in [5, 5.41) is 14.4. The SMILES string of the molecule is OCC1=c2ccccc2=CC=CN1. The molecule has 1 heterocycles. The molecule has 0 spiro atoms. The monoisotopic (exact) mass is 173 g/mol. The molecule has 0 saturated heterocycles. The Kier molecular flexibility index (Phi) is 2.15. The summed E-state index contributed by atoms with van der Waals surface area (Å²) in [5.74, 6) is 0. The topological polar surface area (TPSA) is 32.3 Å². The average Bonchev–Trinajstić information content (AvgIpc) is 2.39. The minimum Gasteiger partial charge on any atom is -0.390 e. The van der Waals surface area contributed by atoms with Crippen molar-refractivity contribution in [1.82, 2.24) is 5.32 Å². The third-order valence-corrected chi connectivity index (χ3v) is 2.07. The van der Waals surface area contributed by atoms with Crippen LogP contribution in [0.4, 0.5) is 0 Å². The second-order valence-corrected chi connectivity index (χ2v) is 2.89. The molecular weight excluding hydrogens is 162 g/mol. The second-order valence-electron chi connectivity index (χ2n) is 2.89. The Hall–Kier alpha value is -1.54. The van der Waals surface area contributed by atoms with Gasteiger partial charge in [-0.05, 0) is 11.3 Å². The number of benzene rings is 1. The van der Waals surface area contributed by atoms with Gasteiger partial charge >= 0.3 is 0 Å². The maximum atomic E-state index is 9.12. The minimum atomic E-state index is 0.0369. The Labute approximate surface area is 76.5 Å². The molecule has 2 nitrogen and oxygen atoms in total.